The molecule has 1 atom stereocenters. The minimum atomic E-state index is -0.166. The average Bonchev–Trinajstić information content (AvgIpc) is 2.12. The van der Waals surface area contributed by atoms with Crippen LogP contribution < -0.4 is 4.74 Å². The van der Waals surface area contributed by atoms with Gasteiger partial charge in [-0.3, -0.25) is 4.79 Å². The fraction of sp³-hybridized carbons (Fsp3) is 0.300. The van der Waals surface area contributed by atoms with Crippen LogP contribution in [-0.2, 0) is 0 Å². The Morgan fingerprint density at radius 3 is 3.08 bits per heavy atom. The van der Waals surface area contributed by atoms with E-state index >= 15 is 0 Å². The van der Waals surface area contributed by atoms with E-state index < -0.39 is 0 Å². The van der Waals surface area contributed by atoms with Crippen molar-refractivity contribution in [1.82, 2.24) is 0 Å². The van der Waals surface area contributed by atoms with Crippen molar-refractivity contribution in [1.29, 1.82) is 0 Å². The molecule has 0 bridgehead atoms. The van der Waals surface area contributed by atoms with Crippen LogP contribution in [0.25, 0.3) is 0 Å². The van der Waals surface area contributed by atoms with E-state index in [-0.39, 0.29) is 17.5 Å². The van der Waals surface area contributed by atoms with Crippen molar-refractivity contribution in [2.75, 3.05) is 6.61 Å². The Bertz CT molecular complexity index is 357. The van der Waals surface area contributed by atoms with E-state index in [0.717, 1.165) is 0 Å². The molecule has 0 aliphatic carbocycles. The number of benzene rings is 1. The minimum Gasteiger partial charge on any atom is -0.507 e. The highest BCUT2D eigenvalue weighted by atomic mass is 16.5. The molecule has 68 valence electrons. The lowest BCUT2D eigenvalue weighted by Crippen LogP contribution is -2.25. The zero-order valence-corrected chi connectivity index (χ0v) is 7.28. The molecule has 0 aromatic heterocycles. The van der Waals surface area contributed by atoms with E-state index in [0.29, 0.717) is 17.9 Å². The van der Waals surface area contributed by atoms with E-state index in [9.17, 15) is 9.90 Å². The Labute approximate surface area is 76.0 Å². The molecule has 1 aliphatic rings. The van der Waals surface area contributed by atoms with Crippen LogP contribution in [0.15, 0.2) is 18.2 Å². The molecule has 0 saturated heterocycles. The molecule has 1 aromatic rings. The maximum absolute atomic E-state index is 11.6. The Morgan fingerprint density at radius 1 is 1.54 bits per heavy atom. The third-order valence-corrected chi connectivity index (χ3v) is 2.19. The number of rotatable bonds is 0. The predicted octanol–water partition coefficient (Wildman–Crippen LogP) is 1.60. The van der Waals surface area contributed by atoms with Crippen LogP contribution in [0.1, 0.15) is 17.3 Å². The number of phenols is 1. The van der Waals surface area contributed by atoms with E-state index in [1.54, 1.807) is 19.1 Å². The van der Waals surface area contributed by atoms with Crippen molar-refractivity contribution in [2.24, 2.45) is 5.92 Å². The molecule has 3 heteroatoms. The van der Waals surface area contributed by atoms with E-state index in [4.69, 9.17) is 4.74 Å². The fourth-order valence-electron chi connectivity index (χ4n) is 1.42. The molecule has 0 saturated carbocycles. The van der Waals surface area contributed by atoms with Crippen molar-refractivity contribution >= 4 is 5.78 Å². The van der Waals surface area contributed by atoms with Crippen LogP contribution >= 0.6 is 0 Å². The molecule has 0 spiro atoms. The fourth-order valence-corrected chi connectivity index (χ4v) is 1.42. The molecular weight excluding hydrogens is 168 g/mol. The predicted molar refractivity (Wildman–Crippen MR) is 47.1 cm³/mol. The lowest BCUT2D eigenvalue weighted by molar-refractivity contribution is 0.0844. The van der Waals surface area contributed by atoms with Gasteiger partial charge in [-0.25, -0.2) is 0 Å². The van der Waals surface area contributed by atoms with Gasteiger partial charge in [0.15, 0.2) is 5.78 Å². The van der Waals surface area contributed by atoms with Crippen LogP contribution in [0.5, 0.6) is 11.5 Å². The molecule has 13 heavy (non-hydrogen) atoms. The van der Waals surface area contributed by atoms with Gasteiger partial charge in [-0.1, -0.05) is 13.0 Å². The molecule has 0 radical (unpaired) electrons. The van der Waals surface area contributed by atoms with Gasteiger partial charge >= 0.3 is 0 Å². The van der Waals surface area contributed by atoms with E-state index in [2.05, 4.69) is 0 Å². The number of ketones is 1. The quantitative estimate of drug-likeness (QED) is 0.656. The summed E-state index contributed by atoms with van der Waals surface area (Å²) in [6.45, 7) is 2.19. The lowest BCUT2D eigenvalue weighted by Gasteiger charge is -2.21. The molecule has 1 aliphatic heterocycles. The largest absolute Gasteiger partial charge is 0.507 e. The second-order valence-electron chi connectivity index (χ2n) is 3.23. The first-order valence-corrected chi connectivity index (χ1v) is 4.19. The zero-order valence-electron chi connectivity index (χ0n) is 7.28. The normalized spacial score (nSPS) is 20.7. The van der Waals surface area contributed by atoms with Gasteiger partial charge in [0, 0.05) is 0 Å². The summed E-state index contributed by atoms with van der Waals surface area (Å²) >= 11 is 0. The highest BCUT2D eigenvalue weighted by Gasteiger charge is 2.27. The standard InChI is InChI=1S/C10H10O3/c1-6-5-13-8-4-2-3-7(11)9(8)10(6)12/h2-4,6,11H,5H2,1H3. The maximum Gasteiger partial charge on any atom is 0.176 e. The highest BCUT2D eigenvalue weighted by Crippen LogP contribution is 2.33. The van der Waals surface area contributed by atoms with Gasteiger partial charge < -0.3 is 9.84 Å². The smallest absolute Gasteiger partial charge is 0.176 e. The zero-order chi connectivity index (χ0) is 9.42. The third-order valence-electron chi connectivity index (χ3n) is 2.19. The number of Topliss-reactive ketones (excluding diaryl/α,β-unsaturated/α-hetero) is 1. The summed E-state index contributed by atoms with van der Waals surface area (Å²) in [4.78, 5) is 11.6. The Morgan fingerprint density at radius 2 is 2.31 bits per heavy atom. The SMILES string of the molecule is CC1COc2cccc(O)c2C1=O. The summed E-state index contributed by atoms with van der Waals surface area (Å²) in [7, 11) is 0. The lowest BCUT2D eigenvalue weighted by atomic mass is 9.96. The van der Waals surface area contributed by atoms with Crippen LogP contribution in [0, 0.1) is 5.92 Å². The summed E-state index contributed by atoms with van der Waals surface area (Å²) in [6, 6.07) is 4.86. The van der Waals surface area contributed by atoms with Gasteiger partial charge in [-0.15, -0.1) is 0 Å². The molecule has 1 aromatic carbocycles. The molecule has 3 nitrogen and oxygen atoms in total. The van der Waals surface area contributed by atoms with Crippen LogP contribution in [0.2, 0.25) is 0 Å². The van der Waals surface area contributed by atoms with E-state index in [1.807, 2.05) is 0 Å². The summed E-state index contributed by atoms with van der Waals surface area (Å²) in [6.07, 6.45) is 0. The van der Waals surface area contributed by atoms with Gasteiger partial charge in [-0.05, 0) is 12.1 Å². The Kier molecular flexibility index (Phi) is 1.72. The van der Waals surface area contributed by atoms with Crippen molar-refractivity contribution in [3.63, 3.8) is 0 Å². The highest BCUT2D eigenvalue weighted by molar-refractivity contribution is 6.03. The minimum absolute atomic E-state index is 0.00838. The molecule has 0 amide bonds. The van der Waals surface area contributed by atoms with Gasteiger partial charge in [0.25, 0.3) is 0 Å². The summed E-state index contributed by atoms with van der Waals surface area (Å²) < 4.78 is 5.31. The summed E-state index contributed by atoms with van der Waals surface area (Å²) in [5.74, 6) is 0.289. The number of carbonyl (C=O) groups is 1. The number of ether oxygens (including phenoxy) is 1. The van der Waals surface area contributed by atoms with Gasteiger partial charge in [-0.2, -0.15) is 0 Å². The first-order valence-electron chi connectivity index (χ1n) is 4.19. The molecule has 1 unspecified atom stereocenters. The molecule has 1 heterocycles. The number of carbonyl (C=O) groups excluding carboxylic acids is 1. The second kappa shape index (κ2) is 2.76. The molecule has 0 fully saturated rings. The van der Waals surface area contributed by atoms with Crippen LogP contribution in [0.4, 0.5) is 0 Å². The second-order valence-corrected chi connectivity index (χ2v) is 3.23. The third kappa shape index (κ3) is 1.16. The van der Waals surface area contributed by atoms with Crippen molar-refractivity contribution in [3.8, 4) is 11.5 Å². The number of aromatic hydroxyl groups is 1. The van der Waals surface area contributed by atoms with Crippen molar-refractivity contribution in [2.45, 2.75) is 6.92 Å². The summed E-state index contributed by atoms with van der Waals surface area (Å²) in [5, 5.41) is 9.44. The van der Waals surface area contributed by atoms with Gasteiger partial charge in [0.1, 0.15) is 17.1 Å². The average molecular weight is 178 g/mol. The van der Waals surface area contributed by atoms with Gasteiger partial charge in [0.2, 0.25) is 0 Å². The van der Waals surface area contributed by atoms with Crippen LogP contribution in [0.3, 0.4) is 0 Å². The Balaban J connectivity index is 2.57. The molecule has 2 rings (SSSR count). The maximum atomic E-state index is 11.6. The topological polar surface area (TPSA) is 46.5 Å². The summed E-state index contributed by atoms with van der Waals surface area (Å²) in [5.41, 5.74) is 0.321. The number of hydrogen-bond acceptors (Lipinski definition) is 3. The number of phenolic OH excluding ortho intramolecular Hbond substituents is 1. The van der Waals surface area contributed by atoms with Crippen molar-refractivity contribution in [3.05, 3.63) is 23.8 Å². The monoisotopic (exact) mass is 178 g/mol. The van der Waals surface area contributed by atoms with E-state index in [1.165, 1.54) is 6.07 Å². The van der Waals surface area contributed by atoms with Crippen LogP contribution in [-0.4, -0.2) is 17.5 Å². The number of hydrogen-bond donors (Lipinski definition) is 1. The first kappa shape index (κ1) is 8.10. The Hall–Kier alpha value is -1.51. The van der Waals surface area contributed by atoms with Crippen molar-refractivity contribution < 1.29 is 14.6 Å². The van der Waals surface area contributed by atoms with Gasteiger partial charge in [0.05, 0.1) is 12.5 Å². The number of fused-ring (bicyclic) bond motifs is 1. The molecule has 1 N–H and O–H groups in total. The molecular formula is C10H10O3. The first-order chi connectivity index (χ1) is 6.20.